The number of likely N-dealkylation sites (N-methyl/N-ethyl adjacent to an activating group) is 1. The first-order valence-corrected chi connectivity index (χ1v) is 9.70. The zero-order valence-corrected chi connectivity index (χ0v) is 15.3. The molecule has 2 aliphatic carbocycles. The smallest absolute Gasteiger partial charge is 0.220 e. The lowest BCUT2D eigenvalue weighted by atomic mass is 9.80. The lowest BCUT2D eigenvalue weighted by molar-refractivity contribution is -0.122. The maximum Gasteiger partial charge on any atom is 0.220 e. The quantitative estimate of drug-likeness (QED) is 0.859. The second-order valence-corrected chi connectivity index (χ2v) is 7.71. The van der Waals surface area contributed by atoms with Crippen molar-refractivity contribution in [3.8, 4) is 0 Å². The van der Waals surface area contributed by atoms with Crippen molar-refractivity contribution in [2.75, 3.05) is 20.1 Å². The van der Waals surface area contributed by atoms with Gasteiger partial charge in [0, 0.05) is 18.5 Å². The molecule has 3 nitrogen and oxygen atoms in total. The Hall–Kier alpha value is -1.35. The third-order valence-corrected chi connectivity index (χ3v) is 6.37. The van der Waals surface area contributed by atoms with Crippen LogP contribution in [0.1, 0.15) is 68.9 Å². The molecule has 3 rings (SSSR count). The molecule has 24 heavy (non-hydrogen) atoms. The van der Waals surface area contributed by atoms with Crippen molar-refractivity contribution in [2.24, 2.45) is 0 Å². The van der Waals surface area contributed by atoms with Crippen LogP contribution in [0.2, 0.25) is 0 Å². The van der Waals surface area contributed by atoms with E-state index in [0.29, 0.717) is 12.3 Å². The summed E-state index contributed by atoms with van der Waals surface area (Å²) < 4.78 is 0. The number of benzene rings is 1. The van der Waals surface area contributed by atoms with Gasteiger partial charge in [0.15, 0.2) is 0 Å². The number of amides is 1. The highest BCUT2D eigenvalue weighted by molar-refractivity contribution is 5.77. The van der Waals surface area contributed by atoms with Crippen LogP contribution in [0.3, 0.4) is 0 Å². The number of hydrogen-bond acceptors (Lipinski definition) is 2. The number of hydrogen-bond donors (Lipinski definition) is 1. The van der Waals surface area contributed by atoms with Crippen LogP contribution in [0.5, 0.6) is 0 Å². The van der Waals surface area contributed by atoms with Crippen LogP contribution in [-0.2, 0) is 11.2 Å². The summed E-state index contributed by atoms with van der Waals surface area (Å²) in [5.41, 5.74) is 3.01. The van der Waals surface area contributed by atoms with E-state index in [2.05, 4.69) is 48.5 Å². The third kappa shape index (κ3) is 3.66. The van der Waals surface area contributed by atoms with Gasteiger partial charge in [-0.1, -0.05) is 50.5 Å². The Labute approximate surface area is 146 Å². The fraction of sp³-hybridized carbons (Fsp3) is 0.667. The van der Waals surface area contributed by atoms with E-state index >= 15 is 0 Å². The van der Waals surface area contributed by atoms with Crippen LogP contribution >= 0.6 is 0 Å². The minimum atomic E-state index is 0.177. The number of rotatable bonds is 6. The summed E-state index contributed by atoms with van der Waals surface area (Å²) in [6.45, 7) is 4.07. The molecular formula is C21H32N2O. The molecule has 0 saturated heterocycles. The number of carbonyl (C=O) groups excluding carboxylic acids is 1. The number of aryl methyl sites for hydroxylation is 1. The van der Waals surface area contributed by atoms with E-state index in [4.69, 9.17) is 0 Å². The van der Waals surface area contributed by atoms with Gasteiger partial charge in [-0.15, -0.1) is 0 Å². The van der Waals surface area contributed by atoms with Gasteiger partial charge < -0.3 is 5.32 Å². The summed E-state index contributed by atoms with van der Waals surface area (Å²) in [6, 6.07) is 8.62. The van der Waals surface area contributed by atoms with Gasteiger partial charge in [0.25, 0.3) is 0 Å². The zero-order chi connectivity index (χ0) is 17.0. The minimum absolute atomic E-state index is 0.177. The van der Waals surface area contributed by atoms with Gasteiger partial charge in [0.1, 0.15) is 0 Å². The molecule has 132 valence electrons. The van der Waals surface area contributed by atoms with Crippen molar-refractivity contribution in [1.82, 2.24) is 10.2 Å². The molecule has 0 spiro atoms. The van der Waals surface area contributed by atoms with Crippen molar-refractivity contribution in [3.05, 3.63) is 35.4 Å². The molecule has 1 saturated carbocycles. The van der Waals surface area contributed by atoms with Gasteiger partial charge >= 0.3 is 0 Å². The largest absolute Gasteiger partial charge is 0.354 e. The molecule has 0 aromatic heterocycles. The number of nitrogens with one attached hydrogen (secondary N) is 1. The standard InChI is InChI=1S/C21H32N2O/c1-3-23(2)21(13-7-4-8-14-21)16-22-20(24)15-18-12-11-17-9-5-6-10-19(17)18/h5-6,9-10,18H,3-4,7-8,11-16H2,1-2H3,(H,22,24)/t18-/m1/s1. The van der Waals surface area contributed by atoms with E-state index in [-0.39, 0.29) is 11.4 Å². The molecule has 0 aliphatic heterocycles. The van der Waals surface area contributed by atoms with Crippen LogP contribution in [-0.4, -0.2) is 36.5 Å². The van der Waals surface area contributed by atoms with Crippen LogP contribution in [0.25, 0.3) is 0 Å². The molecule has 0 unspecified atom stereocenters. The first-order valence-electron chi connectivity index (χ1n) is 9.70. The molecule has 1 aromatic rings. The molecule has 1 atom stereocenters. The Morgan fingerprint density at radius 1 is 1.25 bits per heavy atom. The van der Waals surface area contributed by atoms with Gasteiger partial charge in [-0.25, -0.2) is 0 Å². The predicted octanol–water partition coefficient (Wildman–Crippen LogP) is 3.88. The van der Waals surface area contributed by atoms with Crippen molar-refractivity contribution in [1.29, 1.82) is 0 Å². The highest BCUT2D eigenvalue weighted by atomic mass is 16.1. The number of fused-ring (bicyclic) bond motifs is 1. The van der Waals surface area contributed by atoms with E-state index in [1.54, 1.807) is 0 Å². The lowest BCUT2D eigenvalue weighted by Crippen LogP contribution is -2.55. The summed E-state index contributed by atoms with van der Waals surface area (Å²) in [7, 11) is 2.21. The lowest BCUT2D eigenvalue weighted by Gasteiger charge is -2.44. The number of carbonyl (C=O) groups is 1. The highest BCUT2D eigenvalue weighted by Gasteiger charge is 2.35. The predicted molar refractivity (Wildman–Crippen MR) is 99.3 cm³/mol. The Morgan fingerprint density at radius 3 is 2.75 bits per heavy atom. The third-order valence-electron chi connectivity index (χ3n) is 6.37. The molecule has 2 aliphatic rings. The van der Waals surface area contributed by atoms with Gasteiger partial charge in [-0.3, -0.25) is 9.69 Å². The molecule has 1 N–H and O–H groups in total. The Kier molecular flexibility index (Phi) is 5.60. The summed E-state index contributed by atoms with van der Waals surface area (Å²) >= 11 is 0. The fourth-order valence-electron chi connectivity index (χ4n) is 4.66. The van der Waals surface area contributed by atoms with Crippen molar-refractivity contribution < 1.29 is 4.79 Å². The van der Waals surface area contributed by atoms with Gasteiger partial charge in [0.2, 0.25) is 5.91 Å². The maximum absolute atomic E-state index is 12.6. The normalized spacial score (nSPS) is 22.4. The average Bonchev–Trinajstić information content (AvgIpc) is 3.03. The second kappa shape index (κ2) is 7.69. The van der Waals surface area contributed by atoms with Crippen molar-refractivity contribution >= 4 is 5.91 Å². The van der Waals surface area contributed by atoms with Gasteiger partial charge in [0.05, 0.1) is 0 Å². The van der Waals surface area contributed by atoms with E-state index in [9.17, 15) is 4.79 Å². The molecule has 3 heteroatoms. The first kappa shape index (κ1) is 17.5. The Morgan fingerprint density at radius 2 is 2.00 bits per heavy atom. The summed E-state index contributed by atoms with van der Waals surface area (Å²) in [4.78, 5) is 15.0. The molecule has 1 aromatic carbocycles. The summed E-state index contributed by atoms with van der Waals surface area (Å²) in [6.07, 6.45) is 9.22. The van der Waals surface area contributed by atoms with E-state index in [1.165, 1.54) is 43.2 Å². The summed E-state index contributed by atoms with van der Waals surface area (Å²) in [5.74, 6) is 0.638. The van der Waals surface area contributed by atoms with Crippen molar-refractivity contribution in [3.63, 3.8) is 0 Å². The zero-order valence-electron chi connectivity index (χ0n) is 15.3. The fourth-order valence-corrected chi connectivity index (χ4v) is 4.66. The Balaban J connectivity index is 1.57. The monoisotopic (exact) mass is 328 g/mol. The highest BCUT2D eigenvalue weighted by Crippen LogP contribution is 2.35. The van der Waals surface area contributed by atoms with E-state index in [0.717, 1.165) is 25.9 Å². The molecule has 1 fully saturated rings. The van der Waals surface area contributed by atoms with Crippen LogP contribution < -0.4 is 5.32 Å². The van der Waals surface area contributed by atoms with Gasteiger partial charge in [-0.05, 0) is 56.3 Å². The minimum Gasteiger partial charge on any atom is -0.354 e. The number of nitrogens with zero attached hydrogens (tertiary/aromatic N) is 1. The molecule has 0 heterocycles. The molecule has 1 amide bonds. The van der Waals surface area contributed by atoms with E-state index < -0.39 is 0 Å². The van der Waals surface area contributed by atoms with Crippen LogP contribution in [0, 0.1) is 0 Å². The van der Waals surface area contributed by atoms with Crippen LogP contribution in [0.4, 0.5) is 0 Å². The molecule has 0 bridgehead atoms. The SMILES string of the molecule is CCN(C)C1(CNC(=O)C[C@H]2CCc3ccccc32)CCCCC1. The molecule has 0 radical (unpaired) electrons. The first-order chi connectivity index (χ1) is 11.6. The summed E-state index contributed by atoms with van der Waals surface area (Å²) in [5, 5.41) is 3.29. The topological polar surface area (TPSA) is 32.3 Å². The van der Waals surface area contributed by atoms with E-state index in [1.807, 2.05) is 0 Å². The second-order valence-electron chi connectivity index (χ2n) is 7.71. The maximum atomic E-state index is 12.6. The Bertz CT molecular complexity index is 563. The van der Waals surface area contributed by atoms with Crippen LogP contribution in [0.15, 0.2) is 24.3 Å². The van der Waals surface area contributed by atoms with Gasteiger partial charge in [-0.2, -0.15) is 0 Å². The van der Waals surface area contributed by atoms with Crippen molar-refractivity contribution in [2.45, 2.75) is 69.7 Å². The molecular weight excluding hydrogens is 296 g/mol. The average molecular weight is 329 g/mol.